The van der Waals surface area contributed by atoms with Gasteiger partial charge in [0, 0.05) is 0 Å². The third kappa shape index (κ3) is 4.42. The van der Waals surface area contributed by atoms with Gasteiger partial charge in [0.25, 0.3) is 0 Å². The molecule has 0 fully saturated rings. The fourth-order valence-electron chi connectivity index (χ4n) is 9.71. The van der Waals surface area contributed by atoms with Gasteiger partial charge in [-0.3, -0.25) is 0 Å². The molecule has 0 bridgehead atoms. The second kappa shape index (κ2) is 11.8. The topological polar surface area (TPSA) is 9.86 Å². The van der Waals surface area contributed by atoms with E-state index in [2.05, 4.69) is 183 Å². The summed E-state index contributed by atoms with van der Waals surface area (Å²) < 4.78 is 11.4. The van der Waals surface area contributed by atoms with E-state index in [1.54, 1.807) is 11.1 Å². The molecule has 0 saturated carbocycles. The molecular formula is C44H38Cl2N2SiZr. The maximum atomic E-state index is 2.77. The molecule has 0 saturated heterocycles. The van der Waals surface area contributed by atoms with Crippen molar-refractivity contribution in [2.24, 2.45) is 0 Å². The van der Waals surface area contributed by atoms with E-state index in [4.69, 9.17) is 0 Å². The summed E-state index contributed by atoms with van der Waals surface area (Å²) >= 11 is -4.05. The van der Waals surface area contributed by atoms with Crippen molar-refractivity contribution in [2.75, 3.05) is 0 Å². The molecule has 2 atom stereocenters. The summed E-state index contributed by atoms with van der Waals surface area (Å²) in [6.07, 6.45) is 0. The van der Waals surface area contributed by atoms with E-state index < -0.39 is 17.4 Å². The predicted molar refractivity (Wildman–Crippen MR) is 216 cm³/mol. The van der Waals surface area contributed by atoms with Gasteiger partial charge in [-0.1, -0.05) is 0 Å². The number of halogens is 2. The molecular weight excluding hydrogens is 747 g/mol. The standard InChI is InChI=1S/2C21H14N.2CH3.2ClH.H2Si.Zr/c2*1-2-9-16(10-3-1)22-20-13-7-6-12-18(20)19-14-15-8-4-5-11-17(15)21(19)22;;;;;;/h2*1-14H;2*1H3;2*1H;1H2;. The van der Waals surface area contributed by atoms with Gasteiger partial charge in [0.2, 0.25) is 0 Å². The number of aromatic nitrogens is 2. The molecule has 2 heterocycles. The second-order valence-corrected chi connectivity index (χ2v) is 45.4. The average molecular weight is 785 g/mol. The molecule has 0 aliphatic heterocycles. The summed E-state index contributed by atoms with van der Waals surface area (Å²) in [6.45, 7) is 2.44. The van der Waals surface area contributed by atoms with Crippen LogP contribution in [0.2, 0.25) is 9.26 Å². The molecule has 0 N–H and O–H groups in total. The molecule has 0 amide bonds. The zero-order valence-corrected chi connectivity index (χ0v) is 33.6. The minimum absolute atomic E-state index is 0. The van der Waals surface area contributed by atoms with Crippen LogP contribution in [-0.4, -0.2) is 16.0 Å². The average Bonchev–Trinajstić information content (AvgIpc) is 3.84. The molecule has 8 aromatic rings. The first-order valence-electron chi connectivity index (χ1n) is 17.1. The Balaban J connectivity index is 0.00000180. The zero-order chi connectivity index (χ0) is 32.2. The Morgan fingerprint density at radius 1 is 0.440 bits per heavy atom. The van der Waals surface area contributed by atoms with Crippen molar-refractivity contribution in [2.45, 2.75) is 16.5 Å². The molecule has 6 aromatic carbocycles. The van der Waals surface area contributed by atoms with Crippen LogP contribution in [0.5, 0.6) is 0 Å². The number of para-hydroxylation sites is 4. The number of hydrogen-bond donors (Lipinski definition) is 0. The first kappa shape index (κ1) is 33.2. The van der Waals surface area contributed by atoms with Crippen molar-refractivity contribution < 1.29 is 17.4 Å². The number of benzene rings is 6. The van der Waals surface area contributed by atoms with E-state index in [1.807, 2.05) is 0 Å². The van der Waals surface area contributed by atoms with Gasteiger partial charge < -0.3 is 0 Å². The monoisotopic (exact) mass is 782 g/mol. The second-order valence-electron chi connectivity index (χ2n) is 14.9. The first-order chi connectivity index (χ1) is 23.4. The van der Waals surface area contributed by atoms with E-state index in [-0.39, 0.29) is 24.8 Å². The minimum atomic E-state index is -4.05. The Morgan fingerprint density at radius 2 is 0.780 bits per heavy atom. The van der Waals surface area contributed by atoms with Gasteiger partial charge in [0.15, 0.2) is 0 Å². The van der Waals surface area contributed by atoms with Crippen LogP contribution in [0.1, 0.15) is 29.5 Å². The fourth-order valence-corrected chi connectivity index (χ4v) is 27.9. The van der Waals surface area contributed by atoms with Crippen molar-refractivity contribution >= 4 is 53.5 Å². The van der Waals surface area contributed by atoms with Crippen molar-refractivity contribution in [3.8, 4) is 33.9 Å². The zero-order valence-electron chi connectivity index (χ0n) is 28.1. The summed E-state index contributed by atoms with van der Waals surface area (Å²) in [4.78, 5) is 0. The Labute approximate surface area is 308 Å². The molecule has 0 spiro atoms. The summed E-state index contributed by atoms with van der Waals surface area (Å²) in [5.74, 6) is 0. The van der Waals surface area contributed by atoms with Crippen LogP contribution in [0.25, 0.3) is 55.7 Å². The van der Waals surface area contributed by atoms with Crippen molar-refractivity contribution in [1.82, 2.24) is 9.13 Å². The van der Waals surface area contributed by atoms with Gasteiger partial charge in [0.05, 0.1) is 0 Å². The number of nitrogens with zero attached hydrogens (tertiary/aromatic N) is 2. The summed E-state index contributed by atoms with van der Waals surface area (Å²) in [5, 5.41) is 2.79. The van der Waals surface area contributed by atoms with Gasteiger partial charge in [-0.25, -0.2) is 0 Å². The predicted octanol–water partition coefficient (Wildman–Crippen LogP) is 11.6. The van der Waals surface area contributed by atoms with Crippen LogP contribution in [-0.2, 0) is 17.4 Å². The molecule has 2 aliphatic carbocycles. The fraction of sp³-hybridized carbons (Fsp3) is 0.0909. The molecule has 0 radical (unpaired) electrons. The SMILES string of the molecule is Cl.Cl.[CH3][Zr]([CH3])(=[SiH2])([CH]1c2ccccc2-c2c1c1ccccc1n2-c1ccccc1)[CH]1c2ccccc2-c2c1c1ccccc1n2-c1ccccc1. The van der Waals surface area contributed by atoms with E-state index in [9.17, 15) is 0 Å². The van der Waals surface area contributed by atoms with Crippen molar-refractivity contribution in [3.05, 3.63) is 180 Å². The molecule has 2 unspecified atom stereocenters. The number of rotatable bonds is 4. The van der Waals surface area contributed by atoms with Crippen LogP contribution < -0.4 is 0 Å². The van der Waals surface area contributed by atoms with E-state index in [0.29, 0.717) is 7.25 Å². The molecule has 50 heavy (non-hydrogen) atoms. The molecule has 2 aliphatic rings. The van der Waals surface area contributed by atoms with Crippen LogP contribution in [0.4, 0.5) is 0 Å². The van der Waals surface area contributed by atoms with E-state index in [0.717, 1.165) is 0 Å². The van der Waals surface area contributed by atoms with E-state index >= 15 is 0 Å². The number of hydrogen-bond acceptors (Lipinski definition) is 0. The quantitative estimate of drug-likeness (QED) is 0.157. The molecule has 2 aromatic heterocycles. The summed E-state index contributed by atoms with van der Waals surface area (Å²) in [6, 6.07) is 59.0. The van der Waals surface area contributed by atoms with E-state index in [1.165, 1.54) is 66.8 Å². The van der Waals surface area contributed by atoms with Gasteiger partial charge in [0.1, 0.15) is 0 Å². The van der Waals surface area contributed by atoms with Crippen molar-refractivity contribution in [1.29, 1.82) is 0 Å². The molecule has 10 rings (SSSR count). The third-order valence-electron chi connectivity index (χ3n) is 11.4. The van der Waals surface area contributed by atoms with Crippen molar-refractivity contribution in [3.63, 3.8) is 0 Å². The summed E-state index contributed by atoms with van der Waals surface area (Å²) in [7, 11) is 0. The van der Waals surface area contributed by atoms with Gasteiger partial charge >= 0.3 is 286 Å². The van der Waals surface area contributed by atoms with Gasteiger partial charge in [-0.2, -0.15) is 0 Å². The Kier molecular flexibility index (Phi) is 7.86. The Morgan fingerprint density at radius 3 is 1.20 bits per heavy atom. The first-order valence-corrected chi connectivity index (χ1v) is 30.7. The van der Waals surface area contributed by atoms with Gasteiger partial charge in [-0.05, 0) is 0 Å². The molecule has 6 heteroatoms. The molecule has 246 valence electrons. The Hall–Kier alpha value is -3.92. The Bertz CT molecular complexity index is 2490. The normalized spacial score (nSPS) is 15.9. The van der Waals surface area contributed by atoms with Crippen LogP contribution in [0.15, 0.2) is 158 Å². The van der Waals surface area contributed by atoms with Crippen LogP contribution >= 0.6 is 24.8 Å². The third-order valence-corrected chi connectivity index (χ3v) is 28.5. The van der Waals surface area contributed by atoms with Crippen LogP contribution in [0.3, 0.4) is 0 Å². The van der Waals surface area contributed by atoms with Gasteiger partial charge in [-0.15, -0.1) is 24.8 Å². The number of fused-ring (bicyclic) bond motifs is 10. The molecule has 2 nitrogen and oxygen atoms in total. The maximum absolute atomic E-state index is 4.05. The van der Waals surface area contributed by atoms with Crippen LogP contribution in [0, 0.1) is 0 Å². The summed E-state index contributed by atoms with van der Waals surface area (Å²) in [5.41, 5.74) is 16.7.